The highest BCUT2D eigenvalue weighted by molar-refractivity contribution is 7.71. The third-order valence-electron chi connectivity index (χ3n) is 3.33. The van der Waals surface area contributed by atoms with Crippen LogP contribution < -0.4 is 4.74 Å². The highest BCUT2D eigenvalue weighted by Crippen LogP contribution is 2.43. The molecule has 4 nitrogen and oxygen atoms in total. The summed E-state index contributed by atoms with van der Waals surface area (Å²) in [4.78, 5) is 0. The van der Waals surface area contributed by atoms with Gasteiger partial charge in [0.05, 0.1) is 22.6 Å². The molecule has 0 fully saturated rings. The third kappa shape index (κ3) is 2.49. The van der Waals surface area contributed by atoms with Gasteiger partial charge in [0, 0.05) is 18.2 Å². The number of hydrogen-bond acceptors (Lipinski definition) is 5. The summed E-state index contributed by atoms with van der Waals surface area (Å²) in [7, 11) is 1.28. The van der Waals surface area contributed by atoms with Crippen LogP contribution in [0.5, 0.6) is 17.2 Å². The monoisotopic (exact) mass is 336 g/mol. The Morgan fingerprint density at radius 3 is 2.52 bits per heavy atom. The quantitative estimate of drug-likeness (QED) is 0.673. The van der Waals surface area contributed by atoms with E-state index in [0.29, 0.717) is 0 Å². The smallest absolute Gasteiger partial charge is 0.203 e. The van der Waals surface area contributed by atoms with Crippen molar-refractivity contribution < 1.29 is 28.1 Å². The van der Waals surface area contributed by atoms with Crippen molar-refractivity contribution in [3.63, 3.8) is 0 Å². The van der Waals surface area contributed by atoms with E-state index in [1.54, 1.807) is 0 Å². The van der Waals surface area contributed by atoms with E-state index in [-0.39, 0.29) is 44.1 Å². The highest BCUT2D eigenvalue weighted by atomic mass is 32.1. The molecular weight excluding hydrogens is 326 g/mol. The van der Waals surface area contributed by atoms with Crippen LogP contribution in [0.4, 0.5) is 8.78 Å². The summed E-state index contributed by atoms with van der Waals surface area (Å²) in [5.41, 5.74) is 0.0567. The van der Waals surface area contributed by atoms with Gasteiger partial charge in [-0.3, -0.25) is 0 Å². The average Bonchev–Trinajstić information content (AvgIpc) is 2.46. The fourth-order valence-electron chi connectivity index (χ4n) is 2.29. The molecule has 23 heavy (non-hydrogen) atoms. The molecule has 3 aromatic rings. The van der Waals surface area contributed by atoms with Crippen molar-refractivity contribution in [1.82, 2.24) is 0 Å². The van der Waals surface area contributed by atoms with Crippen LogP contribution in [0.3, 0.4) is 0 Å². The van der Waals surface area contributed by atoms with E-state index in [1.807, 2.05) is 0 Å². The van der Waals surface area contributed by atoms with Crippen LogP contribution in [0.1, 0.15) is 0 Å². The summed E-state index contributed by atoms with van der Waals surface area (Å²) in [5.74, 6) is -2.35. The van der Waals surface area contributed by atoms with E-state index in [1.165, 1.54) is 25.3 Å². The summed E-state index contributed by atoms with van der Waals surface area (Å²) in [6, 6.07) is 5.57. The van der Waals surface area contributed by atoms with Gasteiger partial charge in [0.25, 0.3) is 0 Å². The van der Waals surface area contributed by atoms with Gasteiger partial charge in [0.1, 0.15) is 23.0 Å². The Kier molecular flexibility index (Phi) is 3.65. The van der Waals surface area contributed by atoms with Crippen molar-refractivity contribution in [3.05, 3.63) is 46.5 Å². The molecule has 0 unspecified atom stereocenters. The lowest BCUT2D eigenvalue weighted by Gasteiger charge is -2.10. The molecule has 0 aliphatic rings. The van der Waals surface area contributed by atoms with E-state index in [2.05, 4.69) is 0 Å². The molecule has 0 saturated heterocycles. The summed E-state index contributed by atoms with van der Waals surface area (Å²) in [6.07, 6.45) is 0. The van der Waals surface area contributed by atoms with Crippen LogP contribution in [-0.2, 0) is 0 Å². The molecule has 0 aliphatic heterocycles. The van der Waals surface area contributed by atoms with Gasteiger partial charge in [-0.25, -0.2) is 8.78 Å². The minimum atomic E-state index is -0.815. The predicted octanol–water partition coefficient (Wildman–Crippen LogP) is 4.53. The fraction of sp³-hybridized carbons (Fsp3) is 0.0625. The predicted molar refractivity (Wildman–Crippen MR) is 82.3 cm³/mol. The second kappa shape index (κ2) is 5.51. The fourth-order valence-corrected chi connectivity index (χ4v) is 2.60. The minimum absolute atomic E-state index is 0.00852. The molecule has 0 bridgehead atoms. The van der Waals surface area contributed by atoms with E-state index < -0.39 is 11.6 Å². The maximum atomic E-state index is 13.9. The highest BCUT2D eigenvalue weighted by Gasteiger charge is 2.18. The number of fused-ring (bicyclic) bond motifs is 1. The number of aromatic hydroxyl groups is 2. The zero-order chi connectivity index (χ0) is 16.7. The van der Waals surface area contributed by atoms with Gasteiger partial charge < -0.3 is 19.4 Å². The number of ether oxygens (including phenoxy) is 1. The van der Waals surface area contributed by atoms with Gasteiger partial charge in [-0.05, 0) is 12.1 Å². The molecule has 7 heteroatoms. The number of phenolic OH excluding ortho intramolecular Hbond substituents is 2. The third-order valence-corrected chi connectivity index (χ3v) is 3.65. The maximum absolute atomic E-state index is 13.9. The number of hydrogen-bond donors (Lipinski definition) is 2. The van der Waals surface area contributed by atoms with Crippen LogP contribution in [0.25, 0.3) is 22.3 Å². The molecule has 0 saturated carbocycles. The normalized spacial score (nSPS) is 10.9. The number of halogens is 2. The molecule has 2 N–H and O–H groups in total. The van der Waals surface area contributed by atoms with Gasteiger partial charge in [0.2, 0.25) is 5.75 Å². The lowest BCUT2D eigenvalue weighted by Crippen LogP contribution is -1.90. The van der Waals surface area contributed by atoms with Crippen LogP contribution >= 0.6 is 12.2 Å². The standard InChI is InChI=1S/C16H10F2O4S/c1-21-16-10(19)5-12-14(15(16)20)13(23)6-11(22-12)8-3-2-7(17)4-9(8)18/h2-6,19-20H,1H3. The second-order valence-electron chi connectivity index (χ2n) is 4.75. The second-order valence-corrected chi connectivity index (χ2v) is 5.19. The Bertz CT molecular complexity index is 982. The van der Waals surface area contributed by atoms with Crippen LogP contribution in [0.15, 0.2) is 34.7 Å². The van der Waals surface area contributed by atoms with Crippen LogP contribution in [0, 0.1) is 16.1 Å². The summed E-state index contributed by atoms with van der Waals surface area (Å²) in [6.45, 7) is 0. The van der Waals surface area contributed by atoms with Gasteiger partial charge >= 0.3 is 0 Å². The van der Waals surface area contributed by atoms with E-state index in [0.717, 1.165) is 12.1 Å². The molecule has 0 spiro atoms. The Morgan fingerprint density at radius 1 is 1.13 bits per heavy atom. The lowest BCUT2D eigenvalue weighted by atomic mass is 10.1. The van der Waals surface area contributed by atoms with Crippen molar-refractivity contribution in [2.45, 2.75) is 0 Å². The van der Waals surface area contributed by atoms with Gasteiger partial charge in [0.15, 0.2) is 11.5 Å². The van der Waals surface area contributed by atoms with Gasteiger partial charge in [-0.1, -0.05) is 12.2 Å². The van der Waals surface area contributed by atoms with E-state index >= 15 is 0 Å². The first-order valence-electron chi connectivity index (χ1n) is 6.44. The first-order valence-corrected chi connectivity index (χ1v) is 6.85. The van der Waals surface area contributed by atoms with Crippen molar-refractivity contribution in [3.8, 4) is 28.6 Å². The van der Waals surface area contributed by atoms with Crippen molar-refractivity contribution in [2.24, 2.45) is 0 Å². The first-order chi connectivity index (χ1) is 10.9. The molecule has 0 amide bonds. The molecule has 1 heterocycles. The maximum Gasteiger partial charge on any atom is 0.203 e. The summed E-state index contributed by atoms with van der Waals surface area (Å²) in [5, 5.41) is 20.1. The minimum Gasteiger partial charge on any atom is -0.504 e. The van der Waals surface area contributed by atoms with Crippen LogP contribution in [0.2, 0.25) is 0 Å². The van der Waals surface area contributed by atoms with E-state index in [9.17, 15) is 19.0 Å². The Hall–Kier alpha value is -2.67. The summed E-state index contributed by atoms with van der Waals surface area (Å²) < 4.78 is 37.5. The zero-order valence-electron chi connectivity index (χ0n) is 11.8. The topological polar surface area (TPSA) is 62.8 Å². The molecular formula is C16H10F2O4S. The Morgan fingerprint density at radius 2 is 1.87 bits per heavy atom. The Balaban J connectivity index is 2.33. The zero-order valence-corrected chi connectivity index (χ0v) is 12.6. The molecule has 0 radical (unpaired) electrons. The summed E-state index contributed by atoms with van der Waals surface area (Å²) >= 11 is 5.19. The van der Waals surface area contributed by atoms with Gasteiger partial charge in [-0.2, -0.15) is 0 Å². The van der Waals surface area contributed by atoms with Gasteiger partial charge in [-0.15, -0.1) is 0 Å². The largest absolute Gasteiger partial charge is 0.504 e. The first kappa shape index (κ1) is 15.2. The number of methoxy groups -OCH3 is 1. The SMILES string of the molecule is COc1c(O)cc2oc(-c3ccc(F)cc3F)cc(=S)c2c1O. The Labute approximate surface area is 134 Å². The van der Waals surface area contributed by atoms with Crippen molar-refractivity contribution in [1.29, 1.82) is 0 Å². The number of rotatable bonds is 2. The molecule has 0 atom stereocenters. The molecule has 1 aromatic heterocycles. The molecule has 3 rings (SSSR count). The van der Waals surface area contributed by atoms with Crippen LogP contribution in [-0.4, -0.2) is 17.3 Å². The van der Waals surface area contributed by atoms with E-state index in [4.69, 9.17) is 21.4 Å². The average molecular weight is 336 g/mol. The molecule has 2 aromatic carbocycles. The molecule has 118 valence electrons. The van der Waals surface area contributed by atoms with Crippen molar-refractivity contribution >= 4 is 23.2 Å². The number of benzene rings is 2. The number of phenols is 2. The van der Waals surface area contributed by atoms with Crippen molar-refractivity contribution in [2.75, 3.05) is 7.11 Å². The molecule has 0 aliphatic carbocycles. The lowest BCUT2D eigenvalue weighted by molar-refractivity contribution is 0.346.